The minimum atomic E-state index is -1.15. The normalized spacial score (nSPS) is 16.1. The fraction of sp³-hybridized carbons (Fsp3) is 0.419. The van der Waals surface area contributed by atoms with Crippen molar-refractivity contribution in [2.75, 3.05) is 19.8 Å². The van der Waals surface area contributed by atoms with E-state index < -0.39 is 36.3 Å². The summed E-state index contributed by atoms with van der Waals surface area (Å²) < 4.78 is 18.7. The predicted molar refractivity (Wildman–Crippen MR) is 149 cm³/mol. The fourth-order valence-corrected chi connectivity index (χ4v) is 5.02. The molecule has 214 valence electrons. The highest BCUT2D eigenvalue weighted by atomic mass is 19.1. The van der Waals surface area contributed by atoms with Gasteiger partial charge in [0.15, 0.2) is 11.6 Å². The van der Waals surface area contributed by atoms with Crippen molar-refractivity contribution in [3.8, 4) is 0 Å². The second kappa shape index (κ2) is 15.5. The zero-order valence-electron chi connectivity index (χ0n) is 22.7. The van der Waals surface area contributed by atoms with E-state index in [0.29, 0.717) is 50.2 Å². The summed E-state index contributed by atoms with van der Waals surface area (Å²) in [7, 11) is 0. The van der Waals surface area contributed by atoms with Crippen molar-refractivity contribution >= 4 is 23.4 Å². The molecule has 3 N–H and O–H groups in total. The Morgan fingerprint density at radius 2 is 1.73 bits per heavy atom. The maximum Gasteiger partial charge on any atom is 0.307 e. The van der Waals surface area contributed by atoms with E-state index in [1.807, 2.05) is 36.4 Å². The van der Waals surface area contributed by atoms with Crippen LogP contribution >= 0.6 is 0 Å². The molecule has 0 saturated carbocycles. The number of esters is 1. The van der Waals surface area contributed by atoms with Gasteiger partial charge in [0.1, 0.15) is 13.3 Å². The number of Topliss-reactive ketones (excluding diaryl/α,β-unsaturated/α-hetero) is 2. The zero-order chi connectivity index (χ0) is 28.9. The van der Waals surface area contributed by atoms with Crippen molar-refractivity contribution in [2.45, 2.75) is 57.1 Å². The molecule has 0 spiro atoms. The van der Waals surface area contributed by atoms with Crippen LogP contribution in [0.1, 0.15) is 55.6 Å². The highest BCUT2D eigenvalue weighted by molar-refractivity contribution is 5.96. The number of carbonyl (C=O) groups is 4. The number of hydrogen-bond acceptors (Lipinski definition) is 7. The number of halogens is 1. The van der Waals surface area contributed by atoms with Gasteiger partial charge in [-0.2, -0.15) is 0 Å². The summed E-state index contributed by atoms with van der Waals surface area (Å²) in [5.74, 6) is -3.06. The monoisotopic (exact) mass is 551 g/mol. The molecule has 3 rings (SSSR count). The predicted octanol–water partition coefficient (Wildman–Crippen LogP) is 3.81. The van der Waals surface area contributed by atoms with Crippen LogP contribution in [0.5, 0.6) is 0 Å². The topological polar surface area (TPSA) is 119 Å². The number of alkyl halides is 1. The van der Waals surface area contributed by atoms with Gasteiger partial charge in [-0.05, 0) is 36.8 Å². The van der Waals surface area contributed by atoms with Crippen molar-refractivity contribution in [1.82, 2.24) is 10.2 Å². The number of nitrogens with one attached hydrogen (secondary N) is 1. The van der Waals surface area contributed by atoms with Crippen molar-refractivity contribution < 1.29 is 28.3 Å². The number of amides is 1. The third-order valence-corrected chi connectivity index (χ3v) is 7.14. The van der Waals surface area contributed by atoms with Crippen molar-refractivity contribution in [3.63, 3.8) is 0 Å². The van der Waals surface area contributed by atoms with Gasteiger partial charge >= 0.3 is 5.97 Å². The van der Waals surface area contributed by atoms with Crippen molar-refractivity contribution in [3.05, 3.63) is 84.2 Å². The van der Waals surface area contributed by atoms with Gasteiger partial charge in [0.2, 0.25) is 5.91 Å². The first-order valence-electron chi connectivity index (χ1n) is 13.6. The molecule has 0 bridgehead atoms. The number of nitrogens with two attached hydrogens (primary N) is 1. The molecule has 0 radical (unpaired) electrons. The van der Waals surface area contributed by atoms with E-state index in [4.69, 9.17) is 10.5 Å². The summed E-state index contributed by atoms with van der Waals surface area (Å²) >= 11 is 0. The minimum absolute atomic E-state index is 0.0963. The molecule has 9 heteroatoms. The molecule has 2 aromatic rings. The first-order valence-corrected chi connectivity index (χ1v) is 13.6. The number of ether oxygens (including phenoxy) is 1. The summed E-state index contributed by atoms with van der Waals surface area (Å²) in [6.45, 7) is 3.31. The number of ketones is 2. The molecule has 0 aliphatic carbocycles. The number of benzene rings is 2. The summed E-state index contributed by atoms with van der Waals surface area (Å²) in [5.41, 5.74) is 6.98. The molecule has 0 unspecified atom stereocenters. The Morgan fingerprint density at radius 3 is 2.38 bits per heavy atom. The van der Waals surface area contributed by atoms with Gasteiger partial charge in [0.05, 0.1) is 24.2 Å². The molecule has 1 saturated heterocycles. The van der Waals surface area contributed by atoms with Crippen LogP contribution in [0.3, 0.4) is 0 Å². The minimum Gasteiger partial charge on any atom is -0.461 e. The SMILES string of the molecule is C=C(N)NCCC[C@H](CC(=O)[C@@H]1CCCN1C(=O)[C@@H](CC(=O)OCc1ccccc1)c1ccccc1)C(=O)CF. The van der Waals surface area contributed by atoms with Gasteiger partial charge in [-0.15, -0.1) is 0 Å². The largest absolute Gasteiger partial charge is 0.461 e. The van der Waals surface area contributed by atoms with E-state index in [1.54, 1.807) is 24.3 Å². The molecule has 40 heavy (non-hydrogen) atoms. The van der Waals surface area contributed by atoms with Crippen LogP contribution in [-0.4, -0.2) is 54.1 Å². The van der Waals surface area contributed by atoms with E-state index in [2.05, 4.69) is 11.9 Å². The standard InChI is InChI=1S/C31H38FN3O5/c1-22(33)34-16-8-14-25(29(37)20-32)18-28(36)27-15-9-17-35(27)31(39)26(24-12-6-3-7-13-24)19-30(38)40-21-23-10-4-2-5-11-23/h2-7,10-13,25-27,34H,1,8-9,14-21,33H2/t25-,26+,27+/m1/s1. The second-order valence-corrected chi connectivity index (χ2v) is 10.1. The van der Waals surface area contributed by atoms with Gasteiger partial charge < -0.3 is 20.7 Å². The van der Waals surface area contributed by atoms with Gasteiger partial charge in [-0.3, -0.25) is 19.2 Å². The van der Waals surface area contributed by atoms with E-state index in [0.717, 1.165) is 5.56 Å². The Bertz CT molecular complexity index is 1160. The number of likely N-dealkylation sites (tertiary alicyclic amines) is 1. The highest BCUT2D eigenvalue weighted by Crippen LogP contribution is 2.30. The van der Waals surface area contributed by atoms with E-state index >= 15 is 0 Å². The van der Waals surface area contributed by atoms with Gasteiger partial charge in [-0.1, -0.05) is 67.2 Å². The summed E-state index contributed by atoms with van der Waals surface area (Å²) in [4.78, 5) is 53.8. The third kappa shape index (κ3) is 9.03. The Morgan fingerprint density at radius 1 is 1.05 bits per heavy atom. The van der Waals surface area contributed by atoms with Crippen LogP contribution in [0.4, 0.5) is 4.39 Å². The highest BCUT2D eigenvalue weighted by Gasteiger charge is 2.39. The molecular formula is C31H38FN3O5. The Hall–Kier alpha value is -4.01. The van der Waals surface area contributed by atoms with E-state index in [-0.39, 0.29) is 31.1 Å². The Labute approximate surface area is 234 Å². The first kappa shape index (κ1) is 30.5. The number of hydrogen-bond donors (Lipinski definition) is 2. The maximum atomic E-state index is 13.8. The van der Waals surface area contributed by atoms with Crippen LogP contribution in [0, 0.1) is 5.92 Å². The lowest BCUT2D eigenvalue weighted by atomic mass is 9.89. The summed E-state index contributed by atoms with van der Waals surface area (Å²) in [6, 6.07) is 17.5. The molecule has 8 nitrogen and oxygen atoms in total. The summed E-state index contributed by atoms with van der Waals surface area (Å²) in [5, 5.41) is 2.85. The zero-order valence-corrected chi connectivity index (χ0v) is 22.7. The van der Waals surface area contributed by atoms with Crippen LogP contribution in [0.25, 0.3) is 0 Å². The van der Waals surface area contributed by atoms with E-state index in [9.17, 15) is 23.6 Å². The van der Waals surface area contributed by atoms with Crippen molar-refractivity contribution in [1.29, 1.82) is 0 Å². The van der Waals surface area contributed by atoms with Crippen LogP contribution in [0.15, 0.2) is 73.1 Å². The molecule has 1 aliphatic heterocycles. The average molecular weight is 552 g/mol. The average Bonchev–Trinajstić information content (AvgIpc) is 3.47. The molecule has 2 aromatic carbocycles. The Balaban J connectivity index is 1.69. The second-order valence-electron chi connectivity index (χ2n) is 10.1. The molecule has 1 aliphatic rings. The molecular weight excluding hydrogens is 513 g/mol. The number of nitrogens with zero attached hydrogens (tertiary/aromatic N) is 1. The number of rotatable bonds is 16. The van der Waals surface area contributed by atoms with Crippen LogP contribution in [-0.2, 0) is 30.5 Å². The van der Waals surface area contributed by atoms with Crippen LogP contribution < -0.4 is 11.1 Å². The smallest absolute Gasteiger partial charge is 0.307 e. The molecule has 3 atom stereocenters. The quantitative estimate of drug-likeness (QED) is 0.241. The van der Waals surface area contributed by atoms with Gasteiger partial charge in [-0.25, -0.2) is 4.39 Å². The first-order chi connectivity index (χ1) is 19.3. The third-order valence-electron chi connectivity index (χ3n) is 7.14. The van der Waals surface area contributed by atoms with Crippen LogP contribution in [0.2, 0.25) is 0 Å². The molecule has 1 heterocycles. The molecule has 1 amide bonds. The fourth-order valence-electron chi connectivity index (χ4n) is 5.02. The molecule has 1 fully saturated rings. The van der Waals surface area contributed by atoms with E-state index in [1.165, 1.54) is 4.90 Å². The molecule has 0 aromatic heterocycles. The number of carbonyl (C=O) groups excluding carboxylic acids is 4. The Kier molecular flexibility index (Phi) is 11.9. The lowest BCUT2D eigenvalue weighted by molar-refractivity contribution is -0.149. The van der Waals surface area contributed by atoms with Gasteiger partial charge in [0.25, 0.3) is 0 Å². The maximum absolute atomic E-state index is 13.8. The van der Waals surface area contributed by atoms with Crippen molar-refractivity contribution in [2.24, 2.45) is 11.7 Å². The van der Waals surface area contributed by atoms with Gasteiger partial charge in [0, 0.05) is 25.4 Å². The summed E-state index contributed by atoms with van der Waals surface area (Å²) in [6.07, 6.45) is 1.58. The lowest BCUT2D eigenvalue weighted by Crippen LogP contribution is -2.44. The lowest BCUT2D eigenvalue weighted by Gasteiger charge is -2.29.